The number of nitrogens with one attached hydrogen (secondary N) is 2. The first-order valence-corrected chi connectivity index (χ1v) is 10.0. The van der Waals surface area contributed by atoms with Crippen LogP contribution in [0.4, 0.5) is 17.1 Å². The van der Waals surface area contributed by atoms with Crippen LogP contribution in [-0.4, -0.2) is 31.5 Å². The summed E-state index contributed by atoms with van der Waals surface area (Å²) in [6.45, 7) is 11.7. The van der Waals surface area contributed by atoms with Crippen molar-refractivity contribution >= 4 is 28.9 Å². The minimum Gasteiger partial charge on any atom is -0.494 e. The minimum atomic E-state index is -1.24. The van der Waals surface area contributed by atoms with Crippen molar-refractivity contribution in [3.63, 3.8) is 0 Å². The van der Waals surface area contributed by atoms with Gasteiger partial charge in [-0.15, -0.1) is 0 Å². The van der Waals surface area contributed by atoms with E-state index in [2.05, 4.69) is 29.4 Å². The summed E-state index contributed by atoms with van der Waals surface area (Å²) in [5.41, 5.74) is 1.13. The molecule has 2 amide bonds. The summed E-state index contributed by atoms with van der Waals surface area (Å²) < 4.78 is 5.40. The normalized spacial score (nSPS) is 10.9. The Morgan fingerprint density at radius 3 is 1.69 bits per heavy atom. The van der Waals surface area contributed by atoms with Crippen LogP contribution in [0.3, 0.4) is 0 Å². The number of nitrogens with zero attached hydrogens (tertiary/aromatic N) is 1. The standard InChI is InChI=1S/C23H31N3O3/c1-6-26(7-2)19-13-9-17(10-14-19)24-21(27)23(4,5)22(28)25-18-11-15-20(16-12-18)29-8-3/h9-16H,6-8H2,1-5H3,(H,24,27)(H,25,28). The molecule has 0 saturated carbocycles. The van der Waals surface area contributed by atoms with E-state index in [1.165, 1.54) is 0 Å². The lowest BCUT2D eigenvalue weighted by molar-refractivity contribution is -0.135. The maximum absolute atomic E-state index is 12.7. The number of hydrogen-bond donors (Lipinski definition) is 2. The Morgan fingerprint density at radius 1 is 0.828 bits per heavy atom. The largest absolute Gasteiger partial charge is 0.494 e. The predicted octanol–water partition coefficient (Wildman–Crippen LogP) is 4.53. The molecule has 0 aliphatic heterocycles. The van der Waals surface area contributed by atoms with Crippen molar-refractivity contribution in [2.24, 2.45) is 5.41 Å². The van der Waals surface area contributed by atoms with Gasteiger partial charge in [-0.1, -0.05) is 0 Å². The van der Waals surface area contributed by atoms with Gasteiger partial charge in [0.2, 0.25) is 11.8 Å². The molecule has 0 saturated heterocycles. The number of hydrogen-bond acceptors (Lipinski definition) is 4. The molecule has 0 aliphatic rings. The summed E-state index contributed by atoms with van der Waals surface area (Å²) in [5.74, 6) is -0.00823. The highest BCUT2D eigenvalue weighted by molar-refractivity contribution is 6.14. The molecule has 2 aromatic carbocycles. The second-order valence-electron chi connectivity index (χ2n) is 7.21. The second kappa shape index (κ2) is 9.96. The van der Waals surface area contributed by atoms with Crippen molar-refractivity contribution in [1.29, 1.82) is 0 Å². The number of amides is 2. The molecular weight excluding hydrogens is 366 g/mol. The first-order chi connectivity index (χ1) is 13.8. The van der Waals surface area contributed by atoms with Gasteiger partial charge in [0.15, 0.2) is 0 Å². The van der Waals surface area contributed by atoms with Crippen molar-refractivity contribution in [3.8, 4) is 5.75 Å². The molecule has 0 atom stereocenters. The molecule has 2 N–H and O–H groups in total. The maximum atomic E-state index is 12.7. The van der Waals surface area contributed by atoms with Gasteiger partial charge in [0.05, 0.1) is 6.61 Å². The third-order valence-corrected chi connectivity index (χ3v) is 4.81. The van der Waals surface area contributed by atoms with E-state index >= 15 is 0 Å². The van der Waals surface area contributed by atoms with Crippen molar-refractivity contribution < 1.29 is 14.3 Å². The second-order valence-corrected chi connectivity index (χ2v) is 7.21. The number of carbonyl (C=O) groups is 2. The van der Waals surface area contributed by atoms with Crippen LogP contribution < -0.4 is 20.3 Å². The first-order valence-electron chi connectivity index (χ1n) is 10.0. The number of ether oxygens (including phenoxy) is 1. The molecule has 0 aliphatic carbocycles. The van der Waals surface area contributed by atoms with Crippen molar-refractivity contribution in [3.05, 3.63) is 48.5 Å². The molecule has 2 rings (SSSR count). The predicted molar refractivity (Wildman–Crippen MR) is 119 cm³/mol. The molecule has 0 spiro atoms. The molecule has 0 heterocycles. The lowest BCUT2D eigenvalue weighted by Crippen LogP contribution is -2.41. The van der Waals surface area contributed by atoms with E-state index in [0.717, 1.165) is 24.5 Å². The van der Waals surface area contributed by atoms with E-state index in [4.69, 9.17) is 4.74 Å². The van der Waals surface area contributed by atoms with Gasteiger partial charge in [0.1, 0.15) is 11.2 Å². The fourth-order valence-corrected chi connectivity index (χ4v) is 2.82. The van der Waals surface area contributed by atoms with E-state index in [1.807, 2.05) is 31.2 Å². The van der Waals surface area contributed by atoms with Gasteiger partial charge in [-0.25, -0.2) is 0 Å². The molecule has 0 fully saturated rings. The Bertz CT molecular complexity index is 810. The summed E-state index contributed by atoms with van der Waals surface area (Å²) in [6.07, 6.45) is 0. The van der Waals surface area contributed by atoms with Gasteiger partial charge >= 0.3 is 0 Å². The van der Waals surface area contributed by atoms with Crippen LogP contribution in [0.5, 0.6) is 5.75 Å². The number of anilines is 3. The highest BCUT2D eigenvalue weighted by Crippen LogP contribution is 2.24. The first kappa shape index (κ1) is 22.3. The Morgan fingerprint density at radius 2 is 1.28 bits per heavy atom. The third-order valence-electron chi connectivity index (χ3n) is 4.81. The summed E-state index contributed by atoms with van der Waals surface area (Å²) in [4.78, 5) is 27.6. The molecule has 0 aromatic heterocycles. The van der Waals surface area contributed by atoms with Crippen LogP contribution >= 0.6 is 0 Å². The highest BCUT2D eigenvalue weighted by atomic mass is 16.5. The van der Waals surface area contributed by atoms with Crippen LogP contribution in [0.15, 0.2) is 48.5 Å². The molecule has 0 bridgehead atoms. The summed E-state index contributed by atoms with van der Waals surface area (Å²) in [6, 6.07) is 14.7. The zero-order chi connectivity index (χ0) is 21.4. The monoisotopic (exact) mass is 397 g/mol. The average Bonchev–Trinajstić information content (AvgIpc) is 2.71. The SMILES string of the molecule is CCOc1ccc(NC(=O)C(C)(C)C(=O)Nc2ccc(N(CC)CC)cc2)cc1. The Kier molecular flexibility index (Phi) is 7.65. The molecule has 2 aromatic rings. The Hall–Kier alpha value is -3.02. The van der Waals surface area contributed by atoms with E-state index in [-0.39, 0.29) is 11.8 Å². The van der Waals surface area contributed by atoms with Gasteiger partial charge in [-0.3, -0.25) is 9.59 Å². The third kappa shape index (κ3) is 5.73. The fraction of sp³-hybridized carbons (Fsp3) is 0.391. The average molecular weight is 398 g/mol. The smallest absolute Gasteiger partial charge is 0.239 e. The zero-order valence-corrected chi connectivity index (χ0v) is 17.9. The van der Waals surface area contributed by atoms with Crippen LogP contribution in [-0.2, 0) is 9.59 Å². The Labute approximate surface area is 173 Å². The minimum absolute atomic E-state index is 0.364. The van der Waals surface area contributed by atoms with Gasteiger partial charge in [0, 0.05) is 30.2 Å². The topological polar surface area (TPSA) is 70.7 Å². The fourth-order valence-electron chi connectivity index (χ4n) is 2.82. The van der Waals surface area contributed by atoms with E-state index in [1.54, 1.807) is 38.1 Å². The Balaban J connectivity index is 2.01. The van der Waals surface area contributed by atoms with Crippen molar-refractivity contribution in [2.75, 3.05) is 35.2 Å². The number of carbonyl (C=O) groups excluding carboxylic acids is 2. The van der Waals surface area contributed by atoms with Gasteiger partial charge in [-0.05, 0) is 83.1 Å². The summed E-state index contributed by atoms with van der Waals surface area (Å²) in [7, 11) is 0. The summed E-state index contributed by atoms with van der Waals surface area (Å²) in [5, 5.41) is 5.63. The van der Waals surface area contributed by atoms with E-state index in [9.17, 15) is 9.59 Å². The quantitative estimate of drug-likeness (QED) is 0.610. The van der Waals surface area contributed by atoms with Crippen LogP contribution in [0, 0.1) is 5.41 Å². The van der Waals surface area contributed by atoms with Crippen LogP contribution in [0.1, 0.15) is 34.6 Å². The van der Waals surface area contributed by atoms with E-state index < -0.39 is 5.41 Å². The summed E-state index contributed by atoms with van der Waals surface area (Å²) >= 11 is 0. The van der Waals surface area contributed by atoms with Gasteiger partial charge < -0.3 is 20.3 Å². The molecule has 6 heteroatoms. The highest BCUT2D eigenvalue weighted by Gasteiger charge is 2.36. The lowest BCUT2D eigenvalue weighted by atomic mass is 9.90. The number of benzene rings is 2. The zero-order valence-electron chi connectivity index (χ0n) is 17.9. The van der Waals surface area contributed by atoms with Gasteiger partial charge in [0.25, 0.3) is 0 Å². The molecule has 0 unspecified atom stereocenters. The maximum Gasteiger partial charge on any atom is 0.239 e. The van der Waals surface area contributed by atoms with Crippen molar-refractivity contribution in [2.45, 2.75) is 34.6 Å². The molecular formula is C23H31N3O3. The van der Waals surface area contributed by atoms with Crippen LogP contribution in [0.2, 0.25) is 0 Å². The molecule has 156 valence electrons. The molecule has 29 heavy (non-hydrogen) atoms. The van der Waals surface area contributed by atoms with E-state index in [0.29, 0.717) is 18.0 Å². The lowest BCUT2D eigenvalue weighted by Gasteiger charge is -2.24. The molecule has 0 radical (unpaired) electrons. The molecule has 6 nitrogen and oxygen atoms in total. The number of rotatable bonds is 9. The van der Waals surface area contributed by atoms with Gasteiger partial charge in [-0.2, -0.15) is 0 Å². The van der Waals surface area contributed by atoms with Crippen molar-refractivity contribution in [1.82, 2.24) is 0 Å². The van der Waals surface area contributed by atoms with Crippen LogP contribution in [0.25, 0.3) is 0 Å².